The summed E-state index contributed by atoms with van der Waals surface area (Å²) in [4.78, 5) is 12.2. The Morgan fingerprint density at radius 1 is 1.24 bits per heavy atom. The molecule has 29 heavy (non-hydrogen) atoms. The molecule has 0 aliphatic heterocycles. The number of carbonyl (C=O) groups excluding carboxylic acids is 1. The van der Waals surface area contributed by atoms with Gasteiger partial charge in [-0.3, -0.25) is 9.36 Å². The van der Waals surface area contributed by atoms with Crippen molar-refractivity contribution in [1.29, 1.82) is 0 Å². The van der Waals surface area contributed by atoms with E-state index < -0.39 is 0 Å². The molecule has 0 bridgehead atoms. The molecule has 0 aliphatic rings. The molecule has 0 spiro atoms. The Morgan fingerprint density at radius 2 is 2.00 bits per heavy atom. The summed E-state index contributed by atoms with van der Waals surface area (Å²) in [6.07, 6.45) is 1.74. The van der Waals surface area contributed by atoms with Crippen LogP contribution >= 0.6 is 39.3 Å². The zero-order valence-corrected chi connectivity index (χ0v) is 18.5. The molecule has 0 radical (unpaired) electrons. The maximum atomic E-state index is 12.2. The average Bonchev–Trinajstić information content (AvgIpc) is 3.09. The van der Waals surface area contributed by atoms with E-state index in [4.69, 9.17) is 16.3 Å². The number of para-hydroxylation sites is 1. The van der Waals surface area contributed by atoms with Crippen molar-refractivity contribution in [3.63, 3.8) is 0 Å². The van der Waals surface area contributed by atoms with Gasteiger partial charge in [0, 0.05) is 16.7 Å². The van der Waals surface area contributed by atoms with Crippen LogP contribution < -0.4 is 10.1 Å². The minimum Gasteiger partial charge on any atom is -0.484 e. The van der Waals surface area contributed by atoms with Crippen LogP contribution in [0.2, 0.25) is 5.02 Å². The number of hydrogen-bond acceptors (Lipinski definition) is 5. The van der Waals surface area contributed by atoms with E-state index in [0.29, 0.717) is 28.3 Å². The molecule has 3 aromatic rings. The first-order valence-corrected chi connectivity index (χ1v) is 10.8. The highest BCUT2D eigenvalue weighted by molar-refractivity contribution is 9.10. The second-order valence-corrected chi connectivity index (χ2v) is 8.13. The number of rotatable bonds is 9. The second kappa shape index (κ2) is 10.5. The van der Waals surface area contributed by atoms with E-state index in [0.717, 1.165) is 10.2 Å². The standard InChI is InChI=1S/C20H18BrClN4O2S/c1-2-11-26-18(12-28-17-6-4-3-5-16(17)22)24-25-20(26)29-13-19(27)23-15-9-7-14(21)8-10-15/h2-10H,1,11-13H2,(H,23,27). The molecule has 3 rings (SSSR count). The third-order valence-corrected chi connectivity index (χ3v) is 5.57. The monoisotopic (exact) mass is 492 g/mol. The van der Waals surface area contributed by atoms with Gasteiger partial charge < -0.3 is 10.1 Å². The lowest BCUT2D eigenvalue weighted by Crippen LogP contribution is -2.15. The van der Waals surface area contributed by atoms with E-state index in [1.807, 2.05) is 41.0 Å². The lowest BCUT2D eigenvalue weighted by atomic mass is 10.3. The van der Waals surface area contributed by atoms with E-state index in [2.05, 4.69) is 38.0 Å². The van der Waals surface area contributed by atoms with Crippen LogP contribution in [-0.2, 0) is 17.9 Å². The van der Waals surface area contributed by atoms with Gasteiger partial charge in [0.2, 0.25) is 5.91 Å². The van der Waals surface area contributed by atoms with Gasteiger partial charge in [-0.15, -0.1) is 16.8 Å². The molecular formula is C20H18BrClN4O2S. The van der Waals surface area contributed by atoms with Crippen LogP contribution in [0.1, 0.15) is 5.82 Å². The smallest absolute Gasteiger partial charge is 0.234 e. The second-order valence-electron chi connectivity index (χ2n) is 5.86. The molecule has 1 heterocycles. The van der Waals surface area contributed by atoms with Gasteiger partial charge in [0.25, 0.3) is 0 Å². The molecule has 1 N–H and O–H groups in total. The maximum absolute atomic E-state index is 12.2. The number of carbonyl (C=O) groups is 1. The highest BCUT2D eigenvalue weighted by atomic mass is 79.9. The van der Waals surface area contributed by atoms with Gasteiger partial charge in [0.05, 0.1) is 10.8 Å². The first-order chi connectivity index (χ1) is 14.1. The predicted molar refractivity (Wildman–Crippen MR) is 119 cm³/mol. The van der Waals surface area contributed by atoms with Crippen molar-refractivity contribution < 1.29 is 9.53 Å². The maximum Gasteiger partial charge on any atom is 0.234 e. The molecule has 0 saturated carbocycles. The van der Waals surface area contributed by atoms with Crippen molar-refractivity contribution in [1.82, 2.24) is 14.8 Å². The van der Waals surface area contributed by atoms with Crippen LogP contribution in [0, 0.1) is 0 Å². The summed E-state index contributed by atoms with van der Waals surface area (Å²) in [5, 5.41) is 12.4. The fourth-order valence-corrected chi connectivity index (χ4v) is 3.63. The number of anilines is 1. The number of benzene rings is 2. The van der Waals surface area contributed by atoms with Gasteiger partial charge in [0.15, 0.2) is 11.0 Å². The average molecular weight is 494 g/mol. The summed E-state index contributed by atoms with van der Waals surface area (Å²) in [6.45, 7) is 4.49. The molecule has 1 amide bonds. The van der Waals surface area contributed by atoms with Gasteiger partial charge in [0.1, 0.15) is 12.4 Å². The van der Waals surface area contributed by atoms with E-state index >= 15 is 0 Å². The van der Waals surface area contributed by atoms with Crippen molar-refractivity contribution in [2.24, 2.45) is 0 Å². The Kier molecular flexibility index (Phi) is 7.74. The minimum absolute atomic E-state index is 0.126. The molecule has 2 aromatic carbocycles. The van der Waals surface area contributed by atoms with Crippen LogP contribution in [0.5, 0.6) is 5.75 Å². The molecular weight excluding hydrogens is 476 g/mol. The van der Waals surface area contributed by atoms with Gasteiger partial charge >= 0.3 is 0 Å². The van der Waals surface area contributed by atoms with Crippen LogP contribution in [0.25, 0.3) is 0 Å². The number of hydrogen-bond donors (Lipinski definition) is 1. The fourth-order valence-electron chi connectivity index (χ4n) is 2.41. The van der Waals surface area contributed by atoms with Crippen molar-refractivity contribution in [3.05, 3.63) is 76.5 Å². The molecule has 9 heteroatoms. The number of amides is 1. The van der Waals surface area contributed by atoms with Crippen LogP contribution in [0.3, 0.4) is 0 Å². The van der Waals surface area contributed by atoms with E-state index in [1.165, 1.54) is 11.8 Å². The number of aromatic nitrogens is 3. The van der Waals surface area contributed by atoms with Gasteiger partial charge in [-0.2, -0.15) is 0 Å². The van der Waals surface area contributed by atoms with Gasteiger partial charge in [-0.25, -0.2) is 0 Å². The van der Waals surface area contributed by atoms with E-state index in [-0.39, 0.29) is 18.3 Å². The lowest BCUT2D eigenvalue weighted by molar-refractivity contribution is -0.113. The Bertz CT molecular complexity index is 994. The number of ether oxygens (including phenoxy) is 1. The molecule has 0 atom stereocenters. The Morgan fingerprint density at radius 3 is 2.72 bits per heavy atom. The van der Waals surface area contributed by atoms with Crippen molar-refractivity contribution in [2.75, 3.05) is 11.1 Å². The first-order valence-electron chi connectivity index (χ1n) is 8.65. The zero-order chi connectivity index (χ0) is 20.6. The number of halogens is 2. The Hall–Kier alpha value is -2.29. The number of nitrogens with one attached hydrogen (secondary N) is 1. The first kappa shape index (κ1) is 21.4. The molecule has 6 nitrogen and oxygen atoms in total. The summed E-state index contributed by atoms with van der Waals surface area (Å²) in [6, 6.07) is 14.6. The summed E-state index contributed by atoms with van der Waals surface area (Å²) in [5.41, 5.74) is 0.736. The molecule has 150 valence electrons. The topological polar surface area (TPSA) is 69.0 Å². The highest BCUT2D eigenvalue weighted by Crippen LogP contribution is 2.25. The quantitative estimate of drug-likeness (QED) is 0.328. The van der Waals surface area contributed by atoms with E-state index in [1.54, 1.807) is 18.2 Å². The van der Waals surface area contributed by atoms with Gasteiger partial charge in [-0.05, 0) is 36.4 Å². The molecule has 0 unspecified atom stereocenters. The lowest BCUT2D eigenvalue weighted by Gasteiger charge is -2.10. The van der Waals surface area contributed by atoms with Crippen molar-refractivity contribution in [2.45, 2.75) is 18.3 Å². The summed E-state index contributed by atoms with van der Waals surface area (Å²) >= 11 is 10.8. The fraction of sp³-hybridized carbons (Fsp3) is 0.150. The minimum atomic E-state index is -0.126. The molecule has 0 saturated heterocycles. The number of thioether (sulfide) groups is 1. The summed E-state index contributed by atoms with van der Waals surface area (Å²) < 4.78 is 8.57. The van der Waals surface area contributed by atoms with Crippen LogP contribution in [0.15, 0.2) is 70.8 Å². The van der Waals surface area contributed by atoms with Gasteiger partial charge in [-0.1, -0.05) is 57.5 Å². The molecule has 1 aromatic heterocycles. The Balaban J connectivity index is 1.61. The van der Waals surface area contributed by atoms with Crippen LogP contribution in [-0.4, -0.2) is 26.4 Å². The van der Waals surface area contributed by atoms with E-state index in [9.17, 15) is 4.79 Å². The number of nitrogens with zero attached hydrogens (tertiary/aromatic N) is 3. The summed E-state index contributed by atoms with van der Waals surface area (Å²) in [5.74, 6) is 1.28. The highest BCUT2D eigenvalue weighted by Gasteiger charge is 2.14. The zero-order valence-electron chi connectivity index (χ0n) is 15.3. The normalized spacial score (nSPS) is 10.6. The van der Waals surface area contributed by atoms with Crippen LogP contribution in [0.4, 0.5) is 5.69 Å². The summed E-state index contributed by atoms with van der Waals surface area (Å²) in [7, 11) is 0. The molecule has 0 fully saturated rings. The van der Waals surface area contributed by atoms with Crippen molar-refractivity contribution >= 4 is 50.9 Å². The SMILES string of the molecule is C=CCn1c(COc2ccccc2Cl)nnc1SCC(=O)Nc1ccc(Br)cc1. The van der Waals surface area contributed by atoms with Crippen molar-refractivity contribution in [3.8, 4) is 5.75 Å². The Labute approximate surface area is 186 Å². The largest absolute Gasteiger partial charge is 0.484 e. The predicted octanol–water partition coefficient (Wildman–Crippen LogP) is 5.19. The molecule has 0 aliphatic carbocycles. The third-order valence-electron chi connectivity index (χ3n) is 3.76. The number of allylic oxidation sites excluding steroid dienone is 1. The third kappa shape index (κ3) is 6.09.